The molecule has 20 heavy (non-hydrogen) atoms. The van der Waals surface area contributed by atoms with Crippen molar-refractivity contribution in [2.75, 3.05) is 6.61 Å². The molecule has 0 saturated heterocycles. The molecule has 1 aromatic heterocycles. The quantitative estimate of drug-likeness (QED) is 0.665. The Kier molecular flexibility index (Phi) is 5.64. The molecule has 0 aliphatic heterocycles. The summed E-state index contributed by atoms with van der Waals surface area (Å²) < 4.78 is 0. The molecule has 1 heterocycles. The second kappa shape index (κ2) is 7.25. The van der Waals surface area contributed by atoms with Crippen molar-refractivity contribution < 1.29 is 9.90 Å². The van der Waals surface area contributed by atoms with Crippen LogP contribution in [0.2, 0.25) is 10.3 Å². The molecule has 0 spiro atoms. The van der Waals surface area contributed by atoms with Gasteiger partial charge in [-0.15, -0.1) is 0 Å². The zero-order valence-electron chi connectivity index (χ0n) is 11.1. The summed E-state index contributed by atoms with van der Waals surface area (Å²) in [5.41, 5.74) is 0.399. The molecule has 1 saturated carbocycles. The number of amides is 1. The van der Waals surface area contributed by atoms with Crippen molar-refractivity contribution in [3.8, 4) is 0 Å². The van der Waals surface area contributed by atoms with Gasteiger partial charge in [0.1, 0.15) is 10.3 Å². The van der Waals surface area contributed by atoms with Gasteiger partial charge in [-0.3, -0.25) is 4.79 Å². The van der Waals surface area contributed by atoms with Crippen molar-refractivity contribution in [2.45, 2.75) is 38.1 Å². The van der Waals surface area contributed by atoms with Gasteiger partial charge in [0.15, 0.2) is 0 Å². The highest BCUT2D eigenvalue weighted by atomic mass is 35.5. The van der Waals surface area contributed by atoms with Crippen molar-refractivity contribution in [1.82, 2.24) is 10.3 Å². The molecule has 0 aromatic carbocycles. The Bertz CT molecular complexity index is 462. The number of aromatic nitrogens is 1. The van der Waals surface area contributed by atoms with Crippen molar-refractivity contribution in [3.63, 3.8) is 0 Å². The summed E-state index contributed by atoms with van der Waals surface area (Å²) in [7, 11) is 0. The SMILES string of the molecule is O=C(NC1CCCCCC1CO)c1cc(Cl)nc(Cl)c1. The monoisotopic (exact) mass is 316 g/mol. The Hall–Kier alpha value is -0.840. The van der Waals surface area contributed by atoms with Crippen LogP contribution in [-0.4, -0.2) is 28.6 Å². The Morgan fingerprint density at radius 1 is 1.25 bits per heavy atom. The molecule has 2 unspecified atom stereocenters. The van der Waals surface area contributed by atoms with E-state index in [0.717, 1.165) is 32.1 Å². The molecule has 2 atom stereocenters. The van der Waals surface area contributed by atoms with E-state index in [2.05, 4.69) is 10.3 Å². The number of aliphatic hydroxyl groups excluding tert-OH is 1. The number of pyridine rings is 1. The average molecular weight is 317 g/mol. The number of nitrogens with one attached hydrogen (secondary N) is 1. The smallest absolute Gasteiger partial charge is 0.251 e. The van der Waals surface area contributed by atoms with Crippen LogP contribution >= 0.6 is 23.2 Å². The normalized spacial score (nSPS) is 23.1. The zero-order valence-corrected chi connectivity index (χ0v) is 12.6. The van der Waals surface area contributed by atoms with Crippen LogP contribution in [-0.2, 0) is 0 Å². The largest absolute Gasteiger partial charge is 0.396 e. The van der Waals surface area contributed by atoms with Crippen LogP contribution in [0.1, 0.15) is 42.5 Å². The lowest BCUT2D eigenvalue weighted by molar-refractivity contribution is 0.0899. The van der Waals surface area contributed by atoms with Crippen LogP contribution in [0, 0.1) is 5.92 Å². The summed E-state index contributed by atoms with van der Waals surface area (Å²) in [5.74, 6) is -0.101. The third-order valence-corrected chi connectivity index (χ3v) is 4.12. The highest BCUT2D eigenvalue weighted by Crippen LogP contribution is 2.24. The average Bonchev–Trinajstić information content (AvgIpc) is 2.62. The molecule has 110 valence electrons. The lowest BCUT2D eigenvalue weighted by atomic mass is 9.95. The van der Waals surface area contributed by atoms with Crippen molar-refractivity contribution in [2.24, 2.45) is 5.92 Å². The maximum Gasteiger partial charge on any atom is 0.251 e. The number of carbonyl (C=O) groups excluding carboxylic acids is 1. The van der Waals surface area contributed by atoms with E-state index in [4.69, 9.17) is 23.2 Å². The Morgan fingerprint density at radius 3 is 2.55 bits per heavy atom. The van der Waals surface area contributed by atoms with Crippen LogP contribution in [0.5, 0.6) is 0 Å². The topological polar surface area (TPSA) is 62.2 Å². The molecule has 2 N–H and O–H groups in total. The molecular formula is C14H18Cl2N2O2. The molecule has 0 radical (unpaired) electrons. The maximum atomic E-state index is 12.3. The van der Waals surface area contributed by atoms with Gasteiger partial charge < -0.3 is 10.4 Å². The first kappa shape index (κ1) is 15.5. The highest BCUT2D eigenvalue weighted by molar-refractivity contribution is 6.33. The molecule has 1 aromatic rings. The van der Waals surface area contributed by atoms with Crippen LogP contribution in [0.15, 0.2) is 12.1 Å². The van der Waals surface area contributed by atoms with Gasteiger partial charge in [-0.05, 0) is 25.0 Å². The molecule has 1 amide bonds. The third kappa shape index (κ3) is 4.08. The molecule has 0 bridgehead atoms. The lowest BCUT2D eigenvalue weighted by Gasteiger charge is -2.24. The van der Waals surface area contributed by atoms with E-state index >= 15 is 0 Å². The number of rotatable bonds is 3. The molecule has 4 nitrogen and oxygen atoms in total. The van der Waals surface area contributed by atoms with Gasteiger partial charge in [0.05, 0.1) is 0 Å². The summed E-state index contributed by atoms with van der Waals surface area (Å²) in [6.45, 7) is 0.100. The van der Waals surface area contributed by atoms with Crippen LogP contribution in [0.3, 0.4) is 0 Å². The highest BCUT2D eigenvalue weighted by Gasteiger charge is 2.25. The third-order valence-electron chi connectivity index (χ3n) is 3.74. The fourth-order valence-corrected chi connectivity index (χ4v) is 3.10. The minimum absolute atomic E-state index is 0.000663. The number of hydrogen-bond donors (Lipinski definition) is 2. The Balaban J connectivity index is 2.08. The predicted octanol–water partition coefficient (Wildman–Crippen LogP) is 3.06. The van der Waals surface area contributed by atoms with E-state index in [9.17, 15) is 9.90 Å². The minimum atomic E-state index is -0.221. The van der Waals surface area contributed by atoms with Crippen LogP contribution in [0.4, 0.5) is 0 Å². The predicted molar refractivity (Wildman–Crippen MR) is 79.2 cm³/mol. The van der Waals surface area contributed by atoms with Crippen LogP contribution < -0.4 is 5.32 Å². The molecular weight excluding hydrogens is 299 g/mol. The van der Waals surface area contributed by atoms with E-state index in [1.165, 1.54) is 12.1 Å². The van der Waals surface area contributed by atoms with E-state index in [0.29, 0.717) is 5.56 Å². The summed E-state index contributed by atoms with van der Waals surface area (Å²) >= 11 is 11.6. The van der Waals surface area contributed by atoms with Crippen molar-refractivity contribution >= 4 is 29.1 Å². The van der Waals surface area contributed by atoms with Crippen molar-refractivity contribution in [3.05, 3.63) is 28.0 Å². The summed E-state index contributed by atoms with van der Waals surface area (Å²) in [6.07, 6.45) is 5.16. The standard InChI is InChI=1S/C14H18Cl2N2O2/c15-12-6-10(7-13(16)18-12)14(20)17-11-5-3-1-2-4-9(11)8-19/h6-7,9,11,19H,1-5,8H2,(H,17,20). The zero-order chi connectivity index (χ0) is 14.5. The van der Waals surface area contributed by atoms with Gasteiger partial charge in [0, 0.05) is 24.1 Å². The van der Waals surface area contributed by atoms with Gasteiger partial charge >= 0.3 is 0 Å². The van der Waals surface area contributed by atoms with Gasteiger partial charge in [0.2, 0.25) is 0 Å². The first-order chi connectivity index (χ1) is 9.60. The lowest BCUT2D eigenvalue weighted by Crippen LogP contribution is -2.41. The van der Waals surface area contributed by atoms with Gasteiger partial charge in [0.25, 0.3) is 5.91 Å². The second-order valence-electron chi connectivity index (χ2n) is 5.16. The van der Waals surface area contributed by atoms with Crippen LogP contribution in [0.25, 0.3) is 0 Å². The first-order valence-electron chi connectivity index (χ1n) is 6.85. The molecule has 1 fully saturated rings. The Labute approximate surface area is 128 Å². The van der Waals surface area contributed by atoms with Gasteiger partial charge in [-0.25, -0.2) is 4.98 Å². The number of nitrogens with zero attached hydrogens (tertiary/aromatic N) is 1. The summed E-state index contributed by atoms with van der Waals surface area (Å²) in [6, 6.07) is 2.99. The molecule has 1 aliphatic carbocycles. The molecule has 1 aliphatic rings. The fourth-order valence-electron chi connectivity index (χ4n) is 2.64. The maximum absolute atomic E-state index is 12.3. The number of hydrogen-bond acceptors (Lipinski definition) is 3. The van der Waals surface area contributed by atoms with E-state index in [1.54, 1.807) is 0 Å². The number of halogens is 2. The molecule has 2 rings (SSSR count). The summed E-state index contributed by atoms with van der Waals surface area (Å²) in [5, 5.41) is 12.8. The van der Waals surface area contributed by atoms with Gasteiger partial charge in [-0.2, -0.15) is 0 Å². The second-order valence-corrected chi connectivity index (χ2v) is 5.94. The first-order valence-corrected chi connectivity index (χ1v) is 7.60. The fraction of sp³-hybridized carbons (Fsp3) is 0.571. The number of aliphatic hydroxyl groups is 1. The minimum Gasteiger partial charge on any atom is -0.396 e. The molecule has 6 heteroatoms. The van der Waals surface area contributed by atoms with E-state index in [-0.39, 0.29) is 34.8 Å². The van der Waals surface area contributed by atoms with Gasteiger partial charge in [-0.1, -0.05) is 42.5 Å². The summed E-state index contributed by atoms with van der Waals surface area (Å²) in [4.78, 5) is 16.1. The van der Waals surface area contributed by atoms with E-state index in [1.807, 2.05) is 0 Å². The number of carbonyl (C=O) groups is 1. The van der Waals surface area contributed by atoms with E-state index < -0.39 is 0 Å². The Morgan fingerprint density at radius 2 is 1.90 bits per heavy atom. The van der Waals surface area contributed by atoms with Crippen molar-refractivity contribution in [1.29, 1.82) is 0 Å².